The van der Waals surface area contributed by atoms with Gasteiger partial charge >= 0.3 is 0 Å². The molecule has 2 aliphatic rings. The summed E-state index contributed by atoms with van der Waals surface area (Å²) in [5.74, 6) is -0.339. The summed E-state index contributed by atoms with van der Waals surface area (Å²) in [6.45, 7) is 3.00. The molecule has 2 heterocycles. The van der Waals surface area contributed by atoms with Crippen molar-refractivity contribution < 1.29 is 14.0 Å². The number of hydrogen-bond acceptors (Lipinski definition) is 4. The van der Waals surface area contributed by atoms with Crippen LogP contribution in [0.25, 0.3) is 0 Å². The molecular formula is C22H25FN4O2. The van der Waals surface area contributed by atoms with Crippen molar-refractivity contribution in [3.8, 4) is 0 Å². The van der Waals surface area contributed by atoms with E-state index in [4.69, 9.17) is 0 Å². The van der Waals surface area contributed by atoms with Crippen molar-refractivity contribution in [3.63, 3.8) is 0 Å². The smallest absolute Gasteiger partial charge is 0.238 e. The van der Waals surface area contributed by atoms with Crippen LogP contribution in [0, 0.1) is 5.82 Å². The minimum atomic E-state index is -0.276. The molecule has 2 aromatic rings. The molecule has 152 valence electrons. The van der Waals surface area contributed by atoms with E-state index < -0.39 is 0 Å². The standard InChI is InChI=1S/C22H25FN4O2/c23-17-6-3-5-16(13-17)20-14-24-10-12-26(20)15-21(28)25-18-7-1-2-8-19(18)27-11-4-9-22(27)29/h1-3,5-8,13,20,24H,4,9-12,14-15H2,(H,25,28). The molecule has 0 spiro atoms. The highest BCUT2D eigenvalue weighted by Crippen LogP contribution is 2.29. The van der Waals surface area contributed by atoms with Crippen molar-refractivity contribution in [2.75, 3.05) is 42.9 Å². The van der Waals surface area contributed by atoms with E-state index >= 15 is 0 Å². The lowest BCUT2D eigenvalue weighted by atomic mass is 10.0. The highest BCUT2D eigenvalue weighted by atomic mass is 19.1. The number of benzene rings is 2. The van der Waals surface area contributed by atoms with Crippen LogP contribution in [0.2, 0.25) is 0 Å². The van der Waals surface area contributed by atoms with Crippen molar-refractivity contribution in [1.82, 2.24) is 10.2 Å². The SMILES string of the molecule is O=C(CN1CCNCC1c1cccc(F)c1)Nc1ccccc1N1CCCC1=O. The summed E-state index contributed by atoms with van der Waals surface area (Å²) < 4.78 is 13.7. The monoisotopic (exact) mass is 396 g/mol. The average molecular weight is 396 g/mol. The third-order valence-corrected chi connectivity index (χ3v) is 5.48. The molecule has 0 bridgehead atoms. The van der Waals surface area contributed by atoms with E-state index in [1.807, 2.05) is 30.3 Å². The van der Waals surface area contributed by atoms with E-state index in [9.17, 15) is 14.0 Å². The van der Waals surface area contributed by atoms with E-state index in [0.29, 0.717) is 31.7 Å². The van der Waals surface area contributed by atoms with E-state index in [-0.39, 0.29) is 30.2 Å². The first kappa shape index (κ1) is 19.5. The molecule has 2 aliphatic heterocycles. The first-order valence-electron chi connectivity index (χ1n) is 10.0. The Labute approximate surface area is 169 Å². The summed E-state index contributed by atoms with van der Waals surface area (Å²) >= 11 is 0. The van der Waals surface area contributed by atoms with Crippen LogP contribution in [0.3, 0.4) is 0 Å². The molecular weight excluding hydrogens is 371 g/mol. The summed E-state index contributed by atoms with van der Waals surface area (Å²) in [5, 5.41) is 6.29. The average Bonchev–Trinajstić information content (AvgIpc) is 3.14. The summed E-state index contributed by atoms with van der Waals surface area (Å²) in [4.78, 5) is 28.7. The zero-order chi connectivity index (χ0) is 20.2. The Hall–Kier alpha value is -2.77. The van der Waals surface area contributed by atoms with Gasteiger partial charge in [0, 0.05) is 38.6 Å². The number of piperazine rings is 1. The number of anilines is 2. The number of para-hydroxylation sites is 2. The molecule has 4 rings (SSSR count). The van der Waals surface area contributed by atoms with Crippen LogP contribution >= 0.6 is 0 Å². The molecule has 2 amide bonds. The first-order valence-corrected chi connectivity index (χ1v) is 10.0. The van der Waals surface area contributed by atoms with Crippen LogP contribution in [0.15, 0.2) is 48.5 Å². The van der Waals surface area contributed by atoms with Crippen molar-refractivity contribution in [2.45, 2.75) is 18.9 Å². The molecule has 0 aliphatic carbocycles. The van der Waals surface area contributed by atoms with Gasteiger partial charge in [-0.15, -0.1) is 0 Å². The first-order chi connectivity index (χ1) is 14.1. The second-order valence-corrected chi connectivity index (χ2v) is 7.46. The highest BCUT2D eigenvalue weighted by Gasteiger charge is 2.27. The second kappa shape index (κ2) is 8.71. The number of amides is 2. The Kier molecular flexibility index (Phi) is 5.87. The van der Waals surface area contributed by atoms with Crippen LogP contribution in [-0.4, -0.2) is 49.4 Å². The van der Waals surface area contributed by atoms with E-state index in [1.54, 1.807) is 11.0 Å². The maximum Gasteiger partial charge on any atom is 0.238 e. The number of carbonyl (C=O) groups excluding carboxylic acids is 2. The largest absolute Gasteiger partial charge is 0.323 e. The predicted molar refractivity (Wildman–Crippen MR) is 110 cm³/mol. The number of hydrogen-bond donors (Lipinski definition) is 2. The van der Waals surface area contributed by atoms with Gasteiger partial charge in [-0.05, 0) is 36.2 Å². The van der Waals surface area contributed by atoms with Crippen molar-refractivity contribution in [2.24, 2.45) is 0 Å². The fraction of sp³-hybridized carbons (Fsp3) is 0.364. The Morgan fingerprint density at radius 1 is 1.17 bits per heavy atom. The van der Waals surface area contributed by atoms with E-state index in [2.05, 4.69) is 15.5 Å². The Morgan fingerprint density at radius 2 is 2.03 bits per heavy atom. The van der Waals surface area contributed by atoms with Gasteiger partial charge in [0.2, 0.25) is 11.8 Å². The molecule has 2 fully saturated rings. The second-order valence-electron chi connectivity index (χ2n) is 7.46. The normalized spacial score (nSPS) is 20.1. The van der Waals surface area contributed by atoms with Crippen LogP contribution in [0.5, 0.6) is 0 Å². The van der Waals surface area contributed by atoms with Crippen LogP contribution < -0.4 is 15.5 Å². The number of nitrogens with zero attached hydrogens (tertiary/aromatic N) is 2. The summed E-state index contributed by atoms with van der Waals surface area (Å²) in [6.07, 6.45) is 1.37. The van der Waals surface area contributed by atoms with Gasteiger partial charge in [-0.1, -0.05) is 24.3 Å². The Morgan fingerprint density at radius 3 is 2.83 bits per heavy atom. The van der Waals surface area contributed by atoms with Gasteiger partial charge in [-0.2, -0.15) is 0 Å². The van der Waals surface area contributed by atoms with E-state index in [0.717, 1.165) is 24.2 Å². The molecule has 29 heavy (non-hydrogen) atoms. The lowest BCUT2D eigenvalue weighted by Gasteiger charge is -2.36. The lowest BCUT2D eigenvalue weighted by Crippen LogP contribution is -2.48. The zero-order valence-electron chi connectivity index (χ0n) is 16.2. The van der Waals surface area contributed by atoms with Crippen molar-refractivity contribution >= 4 is 23.2 Å². The topological polar surface area (TPSA) is 64.7 Å². The quantitative estimate of drug-likeness (QED) is 0.815. The van der Waals surface area contributed by atoms with E-state index in [1.165, 1.54) is 12.1 Å². The van der Waals surface area contributed by atoms with Gasteiger partial charge in [0.1, 0.15) is 5.82 Å². The van der Waals surface area contributed by atoms with Gasteiger partial charge in [0.15, 0.2) is 0 Å². The fourth-order valence-corrected chi connectivity index (χ4v) is 4.07. The minimum absolute atomic E-state index is 0.0689. The molecule has 0 radical (unpaired) electrons. The van der Waals surface area contributed by atoms with Crippen LogP contribution in [0.1, 0.15) is 24.4 Å². The fourth-order valence-electron chi connectivity index (χ4n) is 4.07. The minimum Gasteiger partial charge on any atom is -0.323 e. The Bertz CT molecular complexity index is 904. The van der Waals surface area contributed by atoms with Gasteiger partial charge in [-0.25, -0.2) is 4.39 Å². The molecule has 0 saturated carbocycles. The third kappa shape index (κ3) is 4.46. The number of nitrogens with one attached hydrogen (secondary N) is 2. The summed E-state index contributed by atoms with van der Waals surface area (Å²) in [6, 6.07) is 13.9. The molecule has 2 aromatic carbocycles. The van der Waals surface area contributed by atoms with Crippen LogP contribution in [0.4, 0.5) is 15.8 Å². The lowest BCUT2D eigenvalue weighted by molar-refractivity contribution is -0.118. The number of rotatable bonds is 5. The van der Waals surface area contributed by atoms with Gasteiger partial charge in [0.25, 0.3) is 0 Å². The molecule has 6 nitrogen and oxygen atoms in total. The summed E-state index contributed by atoms with van der Waals surface area (Å²) in [5.41, 5.74) is 2.24. The third-order valence-electron chi connectivity index (χ3n) is 5.48. The molecule has 2 N–H and O–H groups in total. The summed E-state index contributed by atoms with van der Waals surface area (Å²) in [7, 11) is 0. The maximum atomic E-state index is 13.7. The van der Waals surface area contributed by atoms with Gasteiger partial charge < -0.3 is 15.5 Å². The molecule has 7 heteroatoms. The molecule has 1 unspecified atom stereocenters. The maximum absolute atomic E-state index is 13.7. The Balaban J connectivity index is 1.47. The zero-order valence-corrected chi connectivity index (χ0v) is 16.2. The highest BCUT2D eigenvalue weighted by molar-refractivity contribution is 6.02. The van der Waals surface area contributed by atoms with Gasteiger partial charge in [0.05, 0.1) is 17.9 Å². The molecule has 1 atom stereocenters. The number of carbonyl (C=O) groups is 2. The van der Waals surface area contributed by atoms with Crippen molar-refractivity contribution in [1.29, 1.82) is 0 Å². The van der Waals surface area contributed by atoms with Crippen molar-refractivity contribution in [3.05, 3.63) is 59.9 Å². The van der Waals surface area contributed by atoms with Crippen LogP contribution in [-0.2, 0) is 9.59 Å². The van der Waals surface area contributed by atoms with Gasteiger partial charge in [-0.3, -0.25) is 14.5 Å². The molecule has 2 saturated heterocycles. The molecule has 0 aromatic heterocycles. The number of halogens is 1. The predicted octanol–water partition coefficient (Wildman–Crippen LogP) is 2.54.